The van der Waals surface area contributed by atoms with Gasteiger partial charge in [0.1, 0.15) is 25.0 Å². The minimum absolute atomic E-state index is 0.331. The number of allylic oxidation sites excluding steroid dienone is 1. The normalized spacial score (nSPS) is 12.4. The Kier molecular flexibility index (Phi) is 6.47. The van der Waals surface area contributed by atoms with Crippen LogP contribution >= 0.6 is 0 Å². The Hall–Kier alpha value is -1.32. The summed E-state index contributed by atoms with van der Waals surface area (Å²) in [6.07, 6.45) is 2.19. The molecule has 0 fully saturated rings. The van der Waals surface area contributed by atoms with E-state index in [1.165, 1.54) is 0 Å². The second kappa shape index (κ2) is 7.90. The van der Waals surface area contributed by atoms with Crippen molar-refractivity contribution in [2.24, 2.45) is 0 Å². The molecule has 0 aliphatic rings. The van der Waals surface area contributed by atoms with Crippen LogP contribution in [0.25, 0.3) is 0 Å². The number of benzene rings is 1. The number of ether oxygens (including phenoxy) is 1. The van der Waals surface area contributed by atoms with Gasteiger partial charge in [0.25, 0.3) is 0 Å². The molecule has 0 aliphatic heterocycles. The van der Waals surface area contributed by atoms with Crippen molar-refractivity contribution in [2.45, 2.75) is 32.4 Å². The fourth-order valence-electron chi connectivity index (χ4n) is 1.65. The highest BCUT2D eigenvalue weighted by atomic mass is 16.5. The lowest BCUT2D eigenvalue weighted by Crippen LogP contribution is -2.90. The van der Waals surface area contributed by atoms with Crippen LogP contribution in [0.5, 0.6) is 5.75 Å². The van der Waals surface area contributed by atoms with Crippen molar-refractivity contribution in [1.29, 1.82) is 0 Å². The number of quaternary nitrogens is 1. The van der Waals surface area contributed by atoms with E-state index in [2.05, 4.69) is 25.7 Å². The standard InChI is InChI=1S/C15H23NO2/c1-4-7-13-8-5-6-9-15(13)18-11-14(17)10-16-12(2)3/h4-6,8-9,12,14,16-17H,1,7,10-11H2,2-3H3/p+1. The monoisotopic (exact) mass is 250 g/mol. The third kappa shape index (κ3) is 5.34. The van der Waals surface area contributed by atoms with E-state index in [1.807, 2.05) is 30.3 Å². The molecule has 100 valence electrons. The lowest BCUT2D eigenvalue weighted by molar-refractivity contribution is -0.688. The van der Waals surface area contributed by atoms with Gasteiger partial charge in [0.2, 0.25) is 0 Å². The van der Waals surface area contributed by atoms with Gasteiger partial charge in [-0.3, -0.25) is 0 Å². The smallest absolute Gasteiger partial charge is 0.137 e. The molecular weight excluding hydrogens is 226 g/mol. The first kappa shape index (κ1) is 14.7. The minimum atomic E-state index is -0.441. The maximum absolute atomic E-state index is 9.80. The Balaban J connectivity index is 2.44. The van der Waals surface area contributed by atoms with Gasteiger partial charge in [-0.1, -0.05) is 24.3 Å². The molecule has 3 N–H and O–H groups in total. The largest absolute Gasteiger partial charge is 0.490 e. The van der Waals surface area contributed by atoms with Crippen LogP contribution in [0.3, 0.4) is 0 Å². The Bertz CT molecular complexity index is 363. The molecule has 0 saturated heterocycles. The molecule has 0 aliphatic carbocycles. The molecule has 1 unspecified atom stereocenters. The van der Waals surface area contributed by atoms with E-state index < -0.39 is 6.10 Å². The molecule has 1 rings (SSSR count). The molecule has 1 aromatic carbocycles. The van der Waals surface area contributed by atoms with E-state index >= 15 is 0 Å². The van der Waals surface area contributed by atoms with Crippen LogP contribution in [0.4, 0.5) is 0 Å². The van der Waals surface area contributed by atoms with Crippen LogP contribution in [0.1, 0.15) is 19.4 Å². The zero-order valence-electron chi connectivity index (χ0n) is 11.3. The fraction of sp³-hybridized carbons (Fsp3) is 0.467. The molecule has 0 aromatic heterocycles. The summed E-state index contributed by atoms with van der Waals surface area (Å²) >= 11 is 0. The lowest BCUT2D eigenvalue weighted by Gasteiger charge is -2.14. The van der Waals surface area contributed by atoms with Gasteiger partial charge in [0.15, 0.2) is 0 Å². The number of para-hydroxylation sites is 1. The van der Waals surface area contributed by atoms with Crippen molar-refractivity contribution >= 4 is 0 Å². The van der Waals surface area contributed by atoms with Crippen molar-refractivity contribution < 1.29 is 15.2 Å². The quantitative estimate of drug-likeness (QED) is 0.679. The predicted molar refractivity (Wildman–Crippen MR) is 73.8 cm³/mol. The van der Waals surface area contributed by atoms with E-state index in [0.29, 0.717) is 19.2 Å². The van der Waals surface area contributed by atoms with E-state index in [4.69, 9.17) is 4.74 Å². The second-order valence-corrected chi connectivity index (χ2v) is 4.78. The highest BCUT2D eigenvalue weighted by molar-refractivity contribution is 5.34. The average Bonchev–Trinajstić information content (AvgIpc) is 2.35. The molecule has 0 amide bonds. The van der Waals surface area contributed by atoms with Crippen LogP contribution in [-0.2, 0) is 6.42 Å². The Labute approximate surface area is 109 Å². The summed E-state index contributed by atoms with van der Waals surface area (Å²) in [6, 6.07) is 8.36. The summed E-state index contributed by atoms with van der Waals surface area (Å²) in [4.78, 5) is 0. The zero-order chi connectivity index (χ0) is 13.4. The first-order chi connectivity index (χ1) is 8.63. The summed E-state index contributed by atoms with van der Waals surface area (Å²) in [7, 11) is 0. The van der Waals surface area contributed by atoms with Crippen molar-refractivity contribution in [2.75, 3.05) is 13.2 Å². The summed E-state index contributed by atoms with van der Waals surface area (Å²) in [5.41, 5.74) is 1.10. The molecule has 18 heavy (non-hydrogen) atoms. The van der Waals surface area contributed by atoms with Gasteiger partial charge in [-0.05, 0) is 31.9 Å². The van der Waals surface area contributed by atoms with Gasteiger partial charge < -0.3 is 15.2 Å². The van der Waals surface area contributed by atoms with Crippen LogP contribution in [-0.4, -0.2) is 30.4 Å². The van der Waals surface area contributed by atoms with Crippen molar-refractivity contribution in [3.8, 4) is 5.75 Å². The van der Waals surface area contributed by atoms with Crippen LogP contribution in [0.15, 0.2) is 36.9 Å². The van der Waals surface area contributed by atoms with E-state index in [-0.39, 0.29) is 0 Å². The summed E-state index contributed by atoms with van der Waals surface area (Å²) in [6.45, 7) is 8.94. The summed E-state index contributed by atoms with van der Waals surface area (Å²) in [5, 5.41) is 11.9. The minimum Gasteiger partial charge on any atom is -0.490 e. The molecule has 0 heterocycles. The second-order valence-electron chi connectivity index (χ2n) is 4.78. The zero-order valence-corrected chi connectivity index (χ0v) is 11.3. The predicted octanol–water partition coefficient (Wildman–Crippen LogP) is 1.13. The van der Waals surface area contributed by atoms with Crippen LogP contribution in [0.2, 0.25) is 0 Å². The first-order valence-electron chi connectivity index (χ1n) is 6.46. The number of nitrogens with two attached hydrogens (primary N) is 1. The average molecular weight is 250 g/mol. The summed E-state index contributed by atoms with van der Waals surface area (Å²) < 4.78 is 5.67. The van der Waals surface area contributed by atoms with Gasteiger partial charge >= 0.3 is 0 Å². The Morgan fingerprint density at radius 1 is 1.39 bits per heavy atom. The van der Waals surface area contributed by atoms with E-state index in [1.54, 1.807) is 0 Å². The third-order valence-electron chi connectivity index (χ3n) is 2.65. The Morgan fingerprint density at radius 3 is 2.78 bits per heavy atom. The molecule has 1 aromatic rings. The maximum Gasteiger partial charge on any atom is 0.137 e. The molecule has 3 nitrogen and oxygen atoms in total. The van der Waals surface area contributed by atoms with Crippen LogP contribution < -0.4 is 10.1 Å². The molecule has 1 atom stereocenters. The van der Waals surface area contributed by atoms with Gasteiger partial charge in [-0.2, -0.15) is 0 Å². The highest BCUT2D eigenvalue weighted by Gasteiger charge is 2.10. The van der Waals surface area contributed by atoms with Gasteiger partial charge in [0, 0.05) is 0 Å². The molecule has 0 bridgehead atoms. The van der Waals surface area contributed by atoms with Gasteiger partial charge in [0.05, 0.1) is 6.04 Å². The summed E-state index contributed by atoms with van der Waals surface area (Å²) in [5.74, 6) is 0.834. The molecule has 0 spiro atoms. The fourth-order valence-corrected chi connectivity index (χ4v) is 1.65. The molecule has 0 saturated carbocycles. The van der Waals surface area contributed by atoms with Gasteiger partial charge in [-0.15, -0.1) is 6.58 Å². The molecule has 0 radical (unpaired) electrons. The number of aliphatic hydroxyl groups excluding tert-OH is 1. The number of aliphatic hydroxyl groups is 1. The van der Waals surface area contributed by atoms with Crippen molar-refractivity contribution in [3.63, 3.8) is 0 Å². The topological polar surface area (TPSA) is 46.1 Å². The lowest BCUT2D eigenvalue weighted by atomic mass is 10.1. The van der Waals surface area contributed by atoms with Crippen LogP contribution in [0, 0.1) is 0 Å². The number of hydrogen-bond acceptors (Lipinski definition) is 2. The third-order valence-corrected chi connectivity index (χ3v) is 2.65. The maximum atomic E-state index is 9.80. The molecule has 3 heteroatoms. The highest BCUT2D eigenvalue weighted by Crippen LogP contribution is 2.18. The van der Waals surface area contributed by atoms with E-state index in [0.717, 1.165) is 17.7 Å². The van der Waals surface area contributed by atoms with E-state index in [9.17, 15) is 5.11 Å². The number of rotatable bonds is 8. The van der Waals surface area contributed by atoms with Crippen molar-refractivity contribution in [3.05, 3.63) is 42.5 Å². The first-order valence-corrected chi connectivity index (χ1v) is 6.46. The SMILES string of the molecule is C=CCc1ccccc1OCC(O)C[NH2+]C(C)C. The Morgan fingerprint density at radius 2 is 2.11 bits per heavy atom. The van der Waals surface area contributed by atoms with Gasteiger partial charge in [-0.25, -0.2) is 0 Å². The van der Waals surface area contributed by atoms with Crippen molar-refractivity contribution in [1.82, 2.24) is 0 Å². The molecular formula is C15H24NO2+. The number of hydrogen-bond donors (Lipinski definition) is 2.